The molecule has 4 aromatic rings. The molecule has 0 aliphatic heterocycles. The average molecular weight is 391 g/mol. The second-order valence-electron chi connectivity index (χ2n) is 6.78. The van der Waals surface area contributed by atoms with E-state index in [1.807, 2.05) is 54.6 Å². The Kier molecular flexibility index (Phi) is 5.33. The number of aromatic nitrogens is 2. The first-order chi connectivity index (χ1) is 14.1. The molecule has 1 amide bonds. The van der Waals surface area contributed by atoms with Crippen molar-refractivity contribution in [3.05, 3.63) is 101 Å². The third-order valence-electron chi connectivity index (χ3n) is 4.73. The Balaban J connectivity index is 1.52. The predicted octanol–water partition coefficient (Wildman–Crippen LogP) is 4.22. The summed E-state index contributed by atoms with van der Waals surface area (Å²) in [7, 11) is 0. The first-order valence-corrected chi connectivity index (χ1v) is 9.29. The monoisotopic (exact) mass is 391 g/mol. The van der Waals surface area contributed by atoms with E-state index in [-0.39, 0.29) is 24.4 Å². The number of nitrogens with zero attached hydrogens (tertiary/aromatic N) is 2. The van der Waals surface area contributed by atoms with Crippen molar-refractivity contribution in [2.24, 2.45) is 0 Å². The van der Waals surface area contributed by atoms with E-state index in [2.05, 4.69) is 14.9 Å². The van der Waals surface area contributed by atoms with Gasteiger partial charge in [-0.3, -0.25) is 4.79 Å². The van der Waals surface area contributed by atoms with Gasteiger partial charge in [-0.2, -0.15) is 0 Å². The number of para-hydroxylation sites is 2. The van der Waals surface area contributed by atoms with Crippen LogP contribution in [-0.2, 0) is 24.3 Å². The highest BCUT2D eigenvalue weighted by Gasteiger charge is 2.13. The van der Waals surface area contributed by atoms with Crippen LogP contribution in [0.2, 0.25) is 0 Å². The highest BCUT2D eigenvalue weighted by Crippen LogP contribution is 2.18. The van der Waals surface area contributed by atoms with E-state index >= 15 is 0 Å². The molecule has 0 atom stereocenters. The number of carbonyl (C=O) groups excluding carboxylic acids is 1. The number of fused-ring (bicyclic) bond motifs is 1. The molecule has 0 saturated carbocycles. The van der Waals surface area contributed by atoms with E-state index in [0.717, 1.165) is 28.7 Å². The Hall–Kier alpha value is -3.54. The van der Waals surface area contributed by atoms with Crippen LogP contribution >= 0.6 is 0 Å². The maximum atomic E-state index is 13.8. The summed E-state index contributed by atoms with van der Waals surface area (Å²) >= 11 is 0. The van der Waals surface area contributed by atoms with Crippen LogP contribution in [-0.4, -0.2) is 15.5 Å². The van der Waals surface area contributed by atoms with Crippen molar-refractivity contribution in [3.63, 3.8) is 0 Å². The minimum atomic E-state index is -0.725. The summed E-state index contributed by atoms with van der Waals surface area (Å²) in [6.07, 6.45) is -0.162. The van der Waals surface area contributed by atoms with Gasteiger partial charge in [0.1, 0.15) is 17.5 Å². The molecule has 0 unspecified atom stereocenters. The summed E-state index contributed by atoms with van der Waals surface area (Å²) in [5.74, 6) is -1.03. The summed E-state index contributed by atoms with van der Waals surface area (Å²) in [6, 6.07) is 21.0. The Labute approximate surface area is 166 Å². The van der Waals surface area contributed by atoms with Crippen molar-refractivity contribution in [2.75, 3.05) is 0 Å². The zero-order valence-electron chi connectivity index (χ0n) is 15.6. The minimum absolute atomic E-state index is 0.154. The lowest BCUT2D eigenvalue weighted by molar-refractivity contribution is -0.120. The Morgan fingerprint density at radius 1 is 0.966 bits per heavy atom. The van der Waals surface area contributed by atoms with Crippen molar-refractivity contribution >= 4 is 16.9 Å². The molecule has 0 bridgehead atoms. The molecule has 29 heavy (non-hydrogen) atoms. The summed E-state index contributed by atoms with van der Waals surface area (Å²) in [6.45, 7) is 0.836. The number of nitrogens with one attached hydrogen (secondary N) is 1. The number of rotatable bonds is 6. The molecule has 1 heterocycles. The van der Waals surface area contributed by atoms with Gasteiger partial charge in [0, 0.05) is 12.6 Å². The van der Waals surface area contributed by atoms with Crippen LogP contribution in [0.4, 0.5) is 8.78 Å². The number of halogens is 2. The molecule has 1 N–H and O–H groups in total. The SMILES string of the molecule is O=C(Cc1ccc(F)cc1F)NCc1nc2ccccc2n1Cc1ccccc1. The molecule has 0 aliphatic carbocycles. The molecule has 4 rings (SSSR count). The van der Waals surface area contributed by atoms with Gasteiger partial charge >= 0.3 is 0 Å². The molecule has 6 heteroatoms. The van der Waals surface area contributed by atoms with Gasteiger partial charge in [0.25, 0.3) is 0 Å². The fourth-order valence-electron chi connectivity index (χ4n) is 3.28. The maximum absolute atomic E-state index is 13.8. The van der Waals surface area contributed by atoms with E-state index in [4.69, 9.17) is 0 Å². The quantitative estimate of drug-likeness (QED) is 0.535. The summed E-state index contributed by atoms with van der Waals surface area (Å²) in [5.41, 5.74) is 3.10. The molecule has 0 aliphatic rings. The maximum Gasteiger partial charge on any atom is 0.224 e. The lowest BCUT2D eigenvalue weighted by atomic mass is 10.1. The smallest absolute Gasteiger partial charge is 0.224 e. The van der Waals surface area contributed by atoms with Gasteiger partial charge in [0.05, 0.1) is 24.0 Å². The highest BCUT2D eigenvalue weighted by molar-refractivity contribution is 5.79. The zero-order valence-corrected chi connectivity index (χ0v) is 15.6. The molecule has 0 fully saturated rings. The van der Waals surface area contributed by atoms with Crippen LogP contribution in [0.3, 0.4) is 0 Å². The number of imidazole rings is 1. The second-order valence-corrected chi connectivity index (χ2v) is 6.78. The number of carbonyl (C=O) groups is 1. The van der Waals surface area contributed by atoms with Crippen LogP contribution in [0, 0.1) is 11.6 Å². The lowest BCUT2D eigenvalue weighted by Gasteiger charge is -2.11. The molecule has 1 aromatic heterocycles. The van der Waals surface area contributed by atoms with Crippen LogP contribution < -0.4 is 5.32 Å². The van der Waals surface area contributed by atoms with Gasteiger partial charge < -0.3 is 9.88 Å². The fourth-order valence-corrected chi connectivity index (χ4v) is 3.28. The highest BCUT2D eigenvalue weighted by atomic mass is 19.1. The van der Waals surface area contributed by atoms with E-state index in [1.165, 1.54) is 6.07 Å². The van der Waals surface area contributed by atoms with Gasteiger partial charge in [0.2, 0.25) is 5.91 Å². The fraction of sp³-hybridized carbons (Fsp3) is 0.130. The van der Waals surface area contributed by atoms with Crippen molar-refractivity contribution < 1.29 is 13.6 Å². The lowest BCUT2D eigenvalue weighted by Crippen LogP contribution is -2.26. The van der Waals surface area contributed by atoms with Crippen LogP contribution in [0.5, 0.6) is 0 Å². The number of amides is 1. The molecule has 3 aromatic carbocycles. The molecule has 4 nitrogen and oxygen atoms in total. The topological polar surface area (TPSA) is 46.9 Å². The van der Waals surface area contributed by atoms with Crippen molar-refractivity contribution in [3.8, 4) is 0 Å². The minimum Gasteiger partial charge on any atom is -0.349 e. The number of benzene rings is 3. The molecule has 146 valence electrons. The molecule has 0 radical (unpaired) electrons. The second kappa shape index (κ2) is 8.22. The van der Waals surface area contributed by atoms with Gasteiger partial charge in [-0.1, -0.05) is 48.5 Å². The van der Waals surface area contributed by atoms with Crippen molar-refractivity contribution in [1.82, 2.24) is 14.9 Å². The Morgan fingerprint density at radius 2 is 1.72 bits per heavy atom. The van der Waals surface area contributed by atoms with E-state index in [9.17, 15) is 13.6 Å². The van der Waals surface area contributed by atoms with Crippen LogP contribution in [0.25, 0.3) is 11.0 Å². The summed E-state index contributed by atoms with van der Waals surface area (Å²) in [4.78, 5) is 16.9. The largest absolute Gasteiger partial charge is 0.349 e. The van der Waals surface area contributed by atoms with Crippen LogP contribution in [0.1, 0.15) is 17.0 Å². The normalized spacial score (nSPS) is 11.0. The van der Waals surface area contributed by atoms with Gasteiger partial charge in [-0.15, -0.1) is 0 Å². The first-order valence-electron chi connectivity index (χ1n) is 9.29. The summed E-state index contributed by atoms with van der Waals surface area (Å²) in [5, 5.41) is 2.79. The Morgan fingerprint density at radius 3 is 2.52 bits per heavy atom. The van der Waals surface area contributed by atoms with Gasteiger partial charge in [-0.05, 0) is 29.3 Å². The summed E-state index contributed by atoms with van der Waals surface area (Å²) < 4.78 is 28.9. The number of hydrogen-bond acceptors (Lipinski definition) is 2. The van der Waals surface area contributed by atoms with Crippen molar-refractivity contribution in [2.45, 2.75) is 19.5 Å². The van der Waals surface area contributed by atoms with Gasteiger partial charge in [0.15, 0.2) is 0 Å². The average Bonchev–Trinajstić information content (AvgIpc) is 3.07. The van der Waals surface area contributed by atoms with E-state index < -0.39 is 11.6 Å². The Bertz CT molecular complexity index is 1160. The standard InChI is InChI=1S/C23H19F2N3O/c24-18-11-10-17(19(25)13-18)12-23(29)26-14-22-27-20-8-4-5-9-21(20)28(22)15-16-6-2-1-3-7-16/h1-11,13H,12,14-15H2,(H,26,29). The van der Waals surface area contributed by atoms with E-state index in [0.29, 0.717) is 12.4 Å². The molecule has 0 spiro atoms. The molecule has 0 saturated heterocycles. The third-order valence-corrected chi connectivity index (χ3v) is 4.73. The van der Waals surface area contributed by atoms with E-state index in [1.54, 1.807) is 0 Å². The van der Waals surface area contributed by atoms with Crippen molar-refractivity contribution in [1.29, 1.82) is 0 Å². The number of hydrogen-bond donors (Lipinski definition) is 1. The van der Waals surface area contributed by atoms with Gasteiger partial charge in [-0.25, -0.2) is 13.8 Å². The zero-order chi connectivity index (χ0) is 20.2. The van der Waals surface area contributed by atoms with Crippen LogP contribution in [0.15, 0.2) is 72.8 Å². The molecular weight excluding hydrogens is 372 g/mol. The predicted molar refractivity (Wildman–Crippen MR) is 107 cm³/mol. The molecular formula is C23H19F2N3O. The first kappa shape index (κ1) is 18.8. The third kappa shape index (κ3) is 4.32.